The summed E-state index contributed by atoms with van der Waals surface area (Å²) in [5, 5.41) is 26.0. The van der Waals surface area contributed by atoms with Crippen LogP contribution in [0.3, 0.4) is 0 Å². The zero-order valence-corrected chi connectivity index (χ0v) is 27.0. The molecular formula is C38H36N2O10. The van der Waals surface area contributed by atoms with Crippen molar-refractivity contribution in [1.82, 2.24) is 10.6 Å². The minimum absolute atomic E-state index is 0.145. The summed E-state index contributed by atoms with van der Waals surface area (Å²) in [6, 6.07) is 25.9. The highest BCUT2D eigenvalue weighted by molar-refractivity contribution is 6.02. The number of amides is 2. The molecule has 6 rings (SSSR count). The average Bonchev–Trinajstić information content (AvgIpc) is 3.78. The molecule has 0 fully saturated rings. The lowest BCUT2D eigenvalue weighted by atomic mass is 9.80. The van der Waals surface area contributed by atoms with Gasteiger partial charge in [0.05, 0.1) is 11.8 Å². The first-order chi connectivity index (χ1) is 24.3. The van der Waals surface area contributed by atoms with E-state index < -0.39 is 41.5 Å². The van der Waals surface area contributed by atoms with Gasteiger partial charge in [-0.3, -0.25) is 19.2 Å². The van der Waals surface area contributed by atoms with Crippen LogP contribution in [-0.4, -0.2) is 60.6 Å². The lowest BCUT2D eigenvalue weighted by molar-refractivity contribution is -0.144. The largest absolute Gasteiger partial charge is 0.481 e. The van der Waals surface area contributed by atoms with Crippen molar-refractivity contribution in [3.63, 3.8) is 0 Å². The molecule has 258 valence electrons. The molecule has 2 aliphatic heterocycles. The van der Waals surface area contributed by atoms with Crippen LogP contribution in [0.4, 0.5) is 0 Å². The Morgan fingerprint density at radius 2 is 1.10 bits per heavy atom. The van der Waals surface area contributed by atoms with Crippen LogP contribution in [0.25, 0.3) is 0 Å². The van der Waals surface area contributed by atoms with E-state index in [4.69, 9.17) is 18.9 Å². The van der Waals surface area contributed by atoms with Crippen molar-refractivity contribution in [2.75, 3.05) is 26.7 Å². The zero-order valence-electron chi connectivity index (χ0n) is 27.0. The standard InChI is InChI=1S/C38H36N2O10/c41-35(39-16-14-24-6-12-29-31(19-24)49-21-47-29)28(18-23-4-2-1-3-5-23)33(37(43)44)26-8-10-27(11-9-26)34(38(45)46)36(42)40-17-15-25-7-13-30-32(20-25)50-22-48-30/h1-13,19-20,28,33-34H,14-18,21-22H2,(H,39,41)(H,40,42)(H,43,44)(H,45,46). The maximum Gasteiger partial charge on any atom is 0.320 e. The Morgan fingerprint density at radius 3 is 1.64 bits per heavy atom. The summed E-state index contributed by atoms with van der Waals surface area (Å²) in [4.78, 5) is 51.8. The van der Waals surface area contributed by atoms with Crippen LogP contribution in [0.5, 0.6) is 23.0 Å². The Balaban J connectivity index is 1.14. The van der Waals surface area contributed by atoms with E-state index in [0.29, 0.717) is 41.4 Å². The molecule has 0 bridgehead atoms. The normalized spacial score (nSPS) is 14.3. The maximum absolute atomic E-state index is 13.7. The van der Waals surface area contributed by atoms with E-state index in [1.165, 1.54) is 24.3 Å². The highest BCUT2D eigenvalue weighted by Gasteiger charge is 2.36. The minimum Gasteiger partial charge on any atom is -0.481 e. The van der Waals surface area contributed by atoms with Crippen molar-refractivity contribution in [3.8, 4) is 23.0 Å². The number of hydrogen-bond donors (Lipinski definition) is 4. The molecule has 12 nitrogen and oxygen atoms in total. The molecule has 4 aromatic carbocycles. The number of carbonyl (C=O) groups excluding carboxylic acids is 2. The van der Waals surface area contributed by atoms with Crippen LogP contribution in [0.1, 0.15) is 39.7 Å². The topological polar surface area (TPSA) is 170 Å². The molecular weight excluding hydrogens is 644 g/mol. The van der Waals surface area contributed by atoms with Crippen LogP contribution >= 0.6 is 0 Å². The summed E-state index contributed by atoms with van der Waals surface area (Å²) in [6.45, 7) is 0.749. The van der Waals surface area contributed by atoms with Gasteiger partial charge >= 0.3 is 11.9 Å². The number of aliphatic carboxylic acids is 2. The van der Waals surface area contributed by atoms with Gasteiger partial charge in [0.25, 0.3) is 0 Å². The number of hydrogen-bond acceptors (Lipinski definition) is 8. The monoisotopic (exact) mass is 680 g/mol. The minimum atomic E-state index is -1.52. The maximum atomic E-state index is 13.7. The smallest absolute Gasteiger partial charge is 0.320 e. The molecule has 4 aromatic rings. The van der Waals surface area contributed by atoms with Crippen molar-refractivity contribution >= 4 is 23.8 Å². The Labute approximate surface area is 287 Å². The fraction of sp³-hybridized carbons (Fsp3) is 0.263. The van der Waals surface area contributed by atoms with Crippen molar-refractivity contribution in [3.05, 3.63) is 119 Å². The average molecular weight is 681 g/mol. The predicted octanol–water partition coefficient (Wildman–Crippen LogP) is 4.06. The fourth-order valence-corrected chi connectivity index (χ4v) is 6.16. The molecule has 0 saturated carbocycles. The third-order valence-electron chi connectivity index (χ3n) is 8.74. The number of carboxylic acid groups (broad SMARTS) is 2. The van der Waals surface area contributed by atoms with Crippen molar-refractivity contribution in [2.24, 2.45) is 5.92 Å². The molecule has 50 heavy (non-hydrogen) atoms. The Morgan fingerprint density at radius 1 is 0.580 bits per heavy atom. The Bertz CT molecular complexity index is 1860. The van der Waals surface area contributed by atoms with Crippen LogP contribution in [0.15, 0.2) is 91.0 Å². The highest BCUT2D eigenvalue weighted by atomic mass is 16.7. The molecule has 0 spiro atoms. The van der Waals surface area contributed by atoms with E-state index in [0.717, 1.165) is 16.7 Å². The molecule has 4 N–H and O–H groups in total. The summed E-state index contributed by atoms with van der Waals surface area (Å²) < 4.78 is 21.5. The molecule has 0 saturated heterocycles. The first-order valence-electron chi connectivity index (χ1n) is 16.2. The van der Waals surface area contributed by atoms with Gasteiger partial charge in [-0.25, -0.2) is 0 Å². The summed E-state index contributed by atoms with van der Waals surface area (Å²) in [6.07, 6.45) is 1.08. The van der Waals surface area contributed by atoms with Gasteiger partial charge < -0.3 is 39.8 Å². The van der Waals surface area contributed by atoms with Crippen molar-refractivity contribution in [1.29, 1.82) is 0 Å². The second-order valence-corrected chi connectivity index (χ2v) is 12.0. The number of carbonyl (C=O) groups is 4. The van der Waals surface area contributed by atoms with Gasteiger partial charge in [-0.2, -0.15) is 0 Å². The third-order valence-corrected chi connectivity index (χ3v) is 8.74. The van der Waals surface area contributed by atoms with Crippen molar-refractivity contribution < 1.29 is 48.3 Å². The van der Waals surface area contributed by atoms with E-state index >= 15 is 0 Å². The number of nitrogens with one attached hydrogen (secondary N) is 2. The van der Waals surface area contributed by atoms with E-state index in [2.05, 4.69) is 10.6 Å². The SMILES string of the molecule is O=C(O)C(C(=O)NCCc1ccc2c(c1)OCO2)c1ccc(C(C(=O)O)C(Cc2ccccc2)C(=O)NCCc2ccc3c(c2)OCO3)cc1. The van der Waals surface area contributed by atoms with Gasteiger partial charge in [-0.1, -0.05) is 66.7 Å². The first kappa shape index (κ1) is 33.8. The number of carboxylic acids is 2. The number of rotatable bonds is 15. The quantitative estimate of drug-likeness (QED) is 0.134. The number of ether oxygens (including phenoxy) is 4. The molecule has 2 heterocycles. The van der Waals surface area contributed by atoms with Gasteiger partial charge in [0, 0.05) is 13.1 Å². The molecule has 3 unspecified atom stereocenters. The van der Waals surface area contributed by atoms with E-state index in [1.54, 1.807) is 6.07 Å². The van der Waals surface area contributed by atoms with Gasteiger partial charge in [-0.05, 0) is 71.3 Å². The molecule has 0 aromatic heterocycles. The lowest BCUT2D eigenvalue weighted by Gasteiger charge is -2.24. The number of benzene rings is 4. The first-order valence-corrected chi connectivity index (χ1v) is 16.2. The van der Waals surface area contributed by atoms with E-state index in [1.807, 2.05) is 60.7 Å². The van der Waals surface area contributed by atoms with Gasteiger partial charge in [0.1, 0.15) is 0 Å². The summed E-state index contributed by atoms with van der Waals surface area (Å²) >= 11 is 0. The molecule has 2 amide bonds. The fourth-order valence-electron chi connectivity index (χ4n) is 6.16. The van der Waals surface area contributed by atoms with Crippen LogP contribution in [0.2, 0.25) is 0 Å². The molecule has 0 radical (unpaired) electrons. The lowest BCUT2D eigenvalue weighted by Crippen LogP contribution is -2.39. The van der Waals surface area contributed by atoms with Crippen molar-refractivity contribution in [2.45, 2.75) is 31.1 Å². The Hall–Kier alpha value is -6.04. The van der Waals surface area contributed by atoms with Gasteiger partial charge in [0.2, 0.25) is 25.4 Å². The van der Waals surface area contributed by atoms with Gasteiger partial charge in [0.15, 0.2) is 28.9 Å². The van der Waals surface area contributed by atoms with E-state index in [-0.39, 0.29) is 38.7 Å². The summed E-state index contributed by atoms with van der Waals surface area (Å²) in [5.74, 6) is -4.93. The van der Waals surface area contributed by atoms with Gasteiger partial charge in [-0.15, -0.1) is 0 Å². The molecule has 12 heteroatoms. The highest BCUT2D eigenvalue weighted by Crippen LogP contribution is 2.34. The van der Waals surface area contributed by atoms with Crippen LogP contribution in [-0.2, 0) is 38.4 Å². The number of fused-ring (bicyclic) bond motifs is 2. The molecule has 2 aliphatic rings. The molecule has 0 aliphatic carbocycles. The van der Waals surface area contributed by atoms with Crippen LogP contribution < -0.4 is 29.6 Å². The second kappa shape index (κ2) is 15.5. The molecule has 3 atom stereocenters. The summed E-state index contributed by atoms with van der Waals surface area (Å²) in [7, 11) is 0. The Kier molecular flexibility index (Phi) is 10.5. The second-order valence-electron chi connectivity index (χ2n) is 12.0. The van der Waals surface area contributed by atoms with E-state index in [9.17, 15) is 29.4 Å². The predicted molar refractivity (Wildman–Crippen MR) is 179 cm³/mol. The zero-order chi connectivity index (χ0) is 35.0. The van der Waals surface area contributed by atoms with Crippen LogP contribution in [0, 0.1) is 5.92 Å². The summed E-state index contributed by atoms with van der Waals surface area (Å²) in [5.41, 5.74) is 3.07. The third kappa shape index (κ3) is 7.97.